The zero-order valence-electron chi connectivity index (χ0n) is 16.0. The van der Waals surface area contributed by atoms with Crippen molar-refractivity contribution in [2.45, 2.75) is 44.2 Å². The molecule has 2 aromatic rings. The average Bonchev–Trinajstić information content (AvgIpc) is 2.60. The number of hydrogen-bond acceptors (Lipinski definition) is 6. The van der Waals surface area contributed by atoms with E-state index >= 15 is 0 Å². The van der Waals surface area contributed by atoms with E-state index in [0.29, 0.717) is 9.87 Å². The van der Waals surface area contributed by atoms with Crippen LogP contribution < -0.4 is 0 Å². The number of hydrogen-bond donors (Lipinski definition) is 0. The minimum Gasteiger partial charge on any atom is -0.443 e. The number of nitro benzene ring substituents is 1. The van der Waals surface area contributed by atoms with Crippen LogP contribution in [0.3, 0.4) is 0 Å². The minimum absolute atomic E-state index is 0.244. The van der Waals surface area contributed by atoms with Gasteiger partial charge in [-0.3, -0.25) is 10.1 Å². The molecule has 0 aliphatic rings. The Balaban J connectivity index is 2.52. The number of sulfonamides is 1. The molecule has 28 heavy (non-hydrogen) atoms. The number of non-ortho nitro benzene ring substituents is 1. The third-order valence-electron chi connectivity index (χ3n) is 3.81. The van der Waals surface area contributed by atoms with Crippen LogP contribution in [0.25, 0.3) is 0 Å². The summed E-state index contributed by atoms with van der Waals surface area (Å²) in [6.07, 6.45) is -1.03. The van der Waals surface area contributed by atoms with Gasteiger partial charge < -0.3 is 4.74 Å². The largest absolute Gasteiger partial charge is 0.443 e. The van der Waals surface area contributed by atoms with Gasteiger partial charge in [0.1, 0.15) is 5.60 Å². The SMILES string of the molecule is C[C@@H](c1ccccc1)N(C(=O)OC(C)(C)C)S(=O)(=O)c1ccc([N+](=O)[O-])cc1. The number of ether oxygens (including phenoxy) is 1. The van der Waals surface area contributed by atoms with Crippen molar-refractivity contribution in [3.63, 3.8) is 0 Å². The van der Waals surface area contributed by atoms with Crippen LogP contribution in [0.2, 0.25) is 0 Å². The lowest BCUT2D eigenvalue weighted by molar-refractivity contribution is -0.384. The van der Waals surface area contributed by atoms with Crippen LogP contribution in [0.1, 0.15) is 39.3 Å². The van der Waals surface area contributed by atoms with E-state index in [1.54, 1.807) is 58.0 Å². The van der Waals surface area contributed by atoms with Crippen LogP contribution in [-0.2, 0) is 14.8 Å². The predicted octanol–water partition coefficient (Wildman–Crippen LogP) is 4.28. The molecule has 0 saturated heterocycles. The van der Waals surface area contributed by atoms with E-state index in [-0.39, 0.29) is 10.6 Å². The number of rotatable bonds is 5. The Hall–Kier alpha value is -2.94. The van der Waals surface area contributed by atoms with Crippen molar-refractivity contribution in [3.8, 4) is 0 Å². The number of amides is 1. The number of nitrogens with zero attached hydrogens (tertiary/aromatic N) is 2. The van der Waals surface area contributed by atoms with Crippen LogP contribution in [0.4, 0.5) is 10.5 Å². The van der Waals surface area contributed by atoms with E-state index < -0.39 is 32.7 Å². The Morgan fingerprint density at radius 2 is 1.61 bits per heavy atom. The van der Waals surface area contributed by atoms with Crippen LogP contribution in [0.15, 0.2) is 59.5 Å². The normalized spacial score (nSPS) is 12.9. The molecule has 0 aliphatic heterocycles. The Morgan fingerprint density at radius 1 is 1.07 bits per heavy atom. The standard InChI is InChI=1S/C19H22N2O6S/c1-14(15-8-6-5-7-9-15)20(18(22)27-19(2,3)4)28(25,26)17-12-10-16(11-13-17)21(23)24/h5-14H,1-4H3/t14-/m0/s1. The molecule has 0 aromatic heterocycles. The molecule has 1 atom stereocenters. The lowest BCUT2D eigenvalue weighted by atomic mass is 10.1. The van der Waals surface area contributed by atoms with Gasteiger partial charge in [0.2, 0.25) is 0 Å². The highest BCUT2D eigenvalue weighted by molar-refractivity contribution is 7.89. The Morgan fingerprint density at radius 3 is 2.07 bits per heavy atom. The number of nitro groups is 1. The summed E-state index contributed by atoms with van der Waals surface area (Å²) in [5.41, 5.74) is -0.561. The topological polar surface area (TPSA) is 107 Å². The van der Waals surface area contributed by atoms with Gasteiger partial charge in [-0.1, -0.05) is 30.3 Å². The molecule has 0 saturated carbocycles. The van der Waals surface area contributed by atoms with Gasteiger partial charge in [-0.25, -0.2) is 13.2 Å². The fourth-order valence-corrected chi connectivity index (χ4v) is 3.97. The Bertz CT molecular complexity index is 950. The average molecular weight is 406 g/mol. The van der Waals surface area contributed by atoms with E-state index in [4.69, 9.17) is 4.74 Å². The summed E-state index contributed by atoms with van der Waals surface area (Å²) < 4.78 is 32.4. The van der Waals surface area contributed by atoms with Gasteiger partial charge in [0, 0.05) is 12.1 Å². The van der Waals surface area contributed by atoms with Gasteiger partial charge in [0.05, 0.1) is 15.9 Å². The molecule has 2 rings (SSSR count). The molecule has 1 amide bonds. The molecule has 0 bridgehead atoms. The third kappa shape index (κ3) is 4.86. The minimum atomic E-state index is -4.33. The van der Waals surface area contributed by atoms with Crippen LogP contribution >= 0.6 is 0 Å². The summed E-state index contributed by atoms with van der Waals surface area (Å²) in [5, 5.41) is 10.8. The summed E-state index contributed by atoms with van der Waals surface area (Å²) in [4.78, 5) is 22.7. The van der Waals surface area contributed by atoms with Gasteiger partial charge in [-0.05, 0) is 45.4 Å². The maximum atomic E-state index is 13.2. The zero-order valence-corrected chi connectivity index (χ0v) is 16.8. The molecule has 0 unspecified atom stereocenters. The molecular formula is C19H22N2O6S. The van der Waals surface area contributed by atoms with Gasteiger partial charge in [0.15, 0.2) is 0 Å². The van der Waals surface area contributed by atoms with Crippen LogP contribution in [0, 0.1) is 10.1 Å². The molecule has 0 fully saturated rings. The monoisotopic (exact) mass is 406 g/mol. The summed E-state index contributed by atoms with van der Waals surface area (Å²) in [5.74, 6) is 0. The van der Waals surface area contributed by atoms with Gasteiger partial charge in [0.25, 0.3) is 15.7 Å². The molecule has 0 radical (unpaired) electrons. The summed E-state index contributed by atoms with van der Waals surface area (Å²) in [7, 11) is -4.33. The first kappa shape index (κ1) is 21.4. The highest BCUT2D eigenvalue weighted by atomic mass is 32.2. The summed E-state index contributed by atoms with van der Waals surface area (Å²) >= 11 is 0. The fourth-order valence-electron chi connectivity index (χ4n) is 2.49. The fraction of sp³-hybridized carbons (Fsp3) is 0.316. The second-order valence-electron chi connectivity index (χ2n) is 7.12. The van der Waals surface area contributed by atoms with Crippen molar-refractivity contribution in [2.75, 3.05) is 0 Å². The van der Waals surface area contributed by atoms with E-state index in [1.807, 2.05) is 0 Å². The maximum Gasteiger partial charge on any atom is 0.424 e. The van der Waals surface area contributed by atoms with Crippen molar-refractivity contribution in [1.82, 2.24) is 4.31 Å². The smallest absolute Gasteiger partial charge is 0.424 e. The number of carbonyl (C=O) groups is 1. The van der Waals surface area contributed by atoms with Gasteiger partial charge >= 0.3 is 6.09 Å². The zero-order chi connectivity index (χ0) is 21.1. The Labute approximate surface area is 163 Å². The Kier molecular flexibility index (Phi) is 6.08. The van der Waals surface area contributed by atoms with Crippen molar-refractivity contribution in [1.29, 1.82) is 0 Å². The van der Waals surface area contributed by atoms with E-state index in [9.17, 15) is 23.3 Å². The van der Waals surface area contributed by atoms with Crippen molar-refractivity contribution < 1.29 is 22.9 Å². The molecule has 0 heterocycles. The molecule has 0 aliphatic carbocycles. The first-order valence-electron chi connectivity index (χ1n) is 8.50. The summed E-state index contributed by atoms with van der Waals surface area (Å²) in [6, 6.07) is 12.1. The lowest BCUT2D eigenvalue weighted by Gasteiger charge is -2.31. The number of benzene rings is 2. The molecule has 9 heteroatoms. The maximum absolute atomic E-state index is 13.2. The number of carbonyl (C=O) groups excluding carboxylic acids is 1. The lowest BCUT2D eigenvalue weighted by Crippen LogP contribution is -2.42. The second kappa shape index (κ2) is 7.97. The van der Waals surface area contributed by atoms with E-state index in [0.717, 1.165) is 24.3 Å². The first-order valence-corrected chi connectivity index (χ1v) is 9.94. The quantitative estimate of drug-likeness (QED) is 0.542. The van der Waals surface area contributed by atoms with Crippen LogP contribution in [-0.4, -0.2) is 29.3 Å². The highest BCUT2D eigenvalue weighted by Crippen LogP contribution is 2.30. The molecule has 0 N–H and O–H groups in total. The third-order valence-corrected chi connectivity index (χ3v) is 5.66. The van der Waals surface area contributed by atoms with Gasteiger partial charge in [-0.2, -0.15) is 4.31 Å². The van der Waals surface area contributed by atoms with Crippen molar-refractivity contribution >= 4 is 21.8 Å². The molecule has 0 spiro atoms. The molecule has 2 aromatic carbocycles. The molecular weight excluding hydrogens is 384 g/mol. The summed E-state index contributed by atoms with van der Waals surface area (Å²) in [6.45, 7) is 6.47. The molecule has 8 nitrogen and oxygen atoms in total. The van der Waals surface area contributed by atoms with Gasteiger partial charge in [-0.15, -0.1) is 0 Å². The van der Waals surface area contributed by atoms with E-state index in [1.165, 1.54) is 0 Å². The molecule has 150 valence electrons. The second-order valence-corrected chi connectivity index (χ2v) is 8.93. The highest BCUT2D eigenvalue weighted by Gasteiger charge is 2.37. The van der Waals surface area contributed by atoms with Crippen molar-refractivity contribution in [2.24, 2.45) is 0 Å². The first-order chi connectivity index (χ1) is 12.9. The van der Waals surface area contributed by atoms with Crippen molar-refractivity contribution in [3.05, 3.63) is 70.3 Å². The van der Waals surface area contributed by atoms with Crippen LogP contribution in [0.5, 0.6) is 0 Å². The van der Waals surface area contributed by atoms with E-state index in [2.05, 4.69) is 0 Å². The predicted molar refractivity (Wildman–Crippen MR) is 103 cm³/mol.